The zero-order valence-electron chi connectivity index (χ0n) is 19.3. The van der Waals surface area contributed by atoms with E-state index >= 15 is 8.78 Å². The van der Waals surface area contributed by atoms with E-state index in [1.54, 1.807) is 60.7 Å². The lowest BCUT2D eigenvalue weighted by molar-refractivity contribution is -0.160. The average molecular weight is 497 g/mol. The lowest BCUT2D eigenvalue weighted by atomic mass is 9.49. The van der Waals surface area contributed by atoms with Crippen molar-refractivity contribution in [2.45, 2.75) is 53.2 Å². The third-order valence-corrected chi connectivity index (χ3v) is 11.3. The molecule has 35 heavy (non-hydrogen) atoms. The van der Waals surface area contributed by atoms with Gasteiger partial charge in [0.05, 0.1) is 5.41 Å². The van der Waals surface area contributed by atoms with Crippen LogP contribution in [0.25, 0.3) is 0 Å². The van der Waals surface area contributed by atoms with Crippen molar-refractivity contribution >= 4 is 16.3 Å². The number of halogens is 3. The van der Waals surface area contributed by atoms with Crippen LogP contribution < -0.4 is 0 Å². The van der Waals surface area contributed by atoms with Crippen LogP contribution in [0.5, 0.6) is 0 Å². The van der Waals surface area contributed by atoms with Gasteiger partial charge in [-0.05, 0) is 90.9 Å². The second kappa shape index (κ2) is 8.44. The van der Waals surface area contributed by atoms with E-state index in [4.69, 9.17) is 4.18 Å². The van der Waals surface area contributed by atoms with Gasteiger partial charge in [0.2, 0.25) is 0 Å². The molecule has 3 aromatic carbocycles. The third-order valence-electron chi connectivity index (χ3n) is 8.07. The van der Waals surface area contributed by atoms with E-state index in [2.05, 4.69) is 0 Å². The highest BCUT2D eigenvalue weighted by molar-refractivity contribution is 8.30. The van der Waals surface area contributed by atoms with Gasteiger partial charge in [-0.1, -0.05) is 36.4 Å². The summed E-state index contributed by atoms with van der Waals surface area (Å²) in [5, 5.41) is 0. The second-order valence-electron chi connectivity index (χ2n) is 10.4. The molecule has 0 saturated heterocycles. The maximum atomic E-state index is 15.5. The van der Waals surface area contributed by atoms with Crippen LogP contribution in [0, 0.1) is 40.6 Å². The maximum Gasteiger partial charge on any atom is 0.323 e. The average Bonchev–Trinajstić information content (AvgIpc) is 2.83. The van der Waals surface area contributed by atoms with Gasteiger partial charge in [-0.15, -0.1) is 0 Å². The zero-order valence-corrected chi connectivity index (χ0v) is 20.1. The fourth-order valence-electron chi connectivity index (χ4n) is 7.10. The van der Waals surface area contributed by atoms with E-state index < -0.39 is 38.1 Å². The molecule has 0 N–H and O–H groups in total. The molecule has 0 heterocycles. The molecule has 0 spiro atoms. The summed E-state index contributed by atoms with van der Waals surface area (Å²) in [4.78, 5) is 14.8. The summed E-state index contributed by atoms with van der Waals surface area (Å²) in [6.45, 7) is 0. The molecule has 4 aliphatic carbocycles. The van der Waals surface area contributed by atoms with Gasteiger partial charge in [0.25, 0.3) is 0 Å². The Morgan fingerprint density at radius 2 is 1.17 bits per heavy atom. The Hall–Kier alpha value is -2.73. The Bertz CT molecular complexity index is 1160. The van der Waals surface area contributed by atoms with Crippen molar-refractivity contribution in [3.8, 4) is 0 Å². The highest BCUT2D eigenvalue weighted by atomic mass is 32.3. The van der Waals surface area contributed by atoms with Crippen molar-refractivity contribution in [2.24, 2.45) is 23.2 Å². The van der Waals surface area contributed by atoms with E-state index in [1.807, 2.05) is 0 Å². The number of benzene rings is 3. The van der Waals surface area contributed by atoms with Crippen molar-refractivity contribution in [2.75, 3.05) is 0 Å². The summed E-state index contributed by atoms with van der Waals surface area (Å²) in [6, 6.07) is 18.9. The predicted octanol–water partition coefficient (Wildman–Crippen LogP) is 8.06. The number of hydrogen-bond acceptors (Lipinski definition) is 2. The third kappa shape index (κ3) is 3.68. The van der Waals surface area contributed by atoms with E-state index in [0.29, 0.717) is 39.7 Å². The van der Waals surface area contributed by atoms with Crippen molar-refractivity contribution in [1.29, 1.82) is 0 Å². The smallest absolute Gasteiger partial charge is 0.323 e. The van der Waals surface area contributed by atoms with Crippen LogP contribution in [0.15, 0.2) is 87.5 Å². The van der Waals surface area contributed by atoms with E-state index in [9.17, 15) is 9.18 Å². The Morgan fingerprint density at radius 1 is 0.743 bits per heavy atom. The summed E-state index contributed by atoms with van der Waals surface area (Å²) >= 11 is 0. The maximum absolute atomic E-state index is 15.5. The SMILES string of the molecule is O=C(OS(c1ccccc1)(c1ccccc1)c1c(F)cc(F)cc1F)C12CC3CC(CC(C3)C1)C2. The van der Waals surface area contributed by atoms with Crippen molar-refractivity contribution < 1.29 is 22.1 Å². The Morgan fingerprint density at radius 3 is 1.60 bits per heavy atom. The monoisotopic (exact) mass is 496 g/mol. The standard InChI is InChI=1S/C29H27F3O2S/c30-22-14-25(31)27(26(32)15-22)35(23-7-3-1-4-8-23,24-9-5-2-6-10-24)34-28(33)29-16-19-11-20(17-29)13-21(12-19)18-29/h1-10,14-15,19-21H,11-13,16-18H2. The first kappa shape index (κ1) is 22.7. The zero-order chi connectivity index (χ0) is 24.2. The van der Waals surface area contributed by atoms with Gasteiger partial charge in [0.15, 0.2) is 0 Å². The van der Waals surface area contributed by atoms with E-state index in [1.165, 1.54) is 0 Å². The van der Waals surface area contributed by atoms with Crippen LogP contribution in [-0.2, 0) is 8.98 Å². The van der Waals surface area contributed by atoms with E-state index in [-0.39, 0.29) is 5.97 Å². The van der Waals surface area contributed by atoms with Crippen molar-refractivity contribution in [3.05, 3.63) is 90.2 Å². The molecule has 4 saturated carbocycles. The largest absolute Gasteiger partial charge is 0.401 e. The fourth-order valence-corrected chi connectivity index (χ4v) is 10.3. The Balaban J connectivity index is 1.56. The molecule has 2 nitrogen and oxygen atoms in total. The second-order valence-corrected chi connectivity index (χ2v) is 13.1. The summed E-state index contributed by atoms with van der Waals surface area (Å²) in [5.41, 5.74) is -0.621. The first-order valence-electron chi connectivity index (χ1n) is 12.2. The van der Waals surface area contributed by atoms with E-state index in [0.717, 1.165) is 38.5 Å². The van der Waals surface area contributed by atoms with Gasteiger partial charge in [0.1, 0.15) is 22.3 Å². The lowest BCUT2D eigenvalue weighted by Gasteiger charge is -2.56. The van der Waals surface area contributed by atoms with Crippen LogP contribution in [-0.4, -0.2) is 5.97 Å². The van der Waals surface area contributed by atoms with Gasteiger partial charge < -0.3 is 4.18 Å². The molecule has 182 valence electrons. The minimum absolute atomic E-state index is 0.373. The Labute approximate surface area is 205 Å². The number of rotatable bonds is 5. The first-order chi connectivity index (χ1) is 16.9. The van der Waals surface area contributed by atoms with Crippen LogP contribution in [0.4, 0.5) is 13.2 Å². The van der Waals surface area contributed by atoms with Crippen molar-refractivity contribution in [3.63, 3.8) is 0 Å². The molecule has 4 aliphatic rings. The van der Waals surface area contributed by atoms with Gasteiger partial charge in [-0.3, -0.25) is 4.79 Å². The van der Waals surface area contributed by atoms with Gasteiger partial charge in [-0.25, -0.2) is 13.2 Å². The highest BCUT2D eigenvalue weighted by Crippen LogP contribution is 2.72. The van der Waals surface area contributed by atoms with Gasteiger partial charge in [-0.2, -0.15) is 0 Å². The lowest BCUT2D eigenvalue weighted by Crippen LogP contribution is -2.50. The van der Waals surface area contributed by atoms with Crippen LogP contribution in [0.1, 0.15) is 38.5 Å². The topological polar surface area (TPSA) is 26.3 Å². The minimum Gasteiger partial charge on any atom is -0.401 e. The normalized spacial score (nSPS) is 27.6. The molecule has 4 bridgehead atoms. The molecule has 0 radical (unpaired) electrons. The molecule has 7 rings (SSSR count). The molecular formula is C29H27F3O2S. The van der Waals surface area contributed by atoms with Crippen LogP contribution in [0.2, 0.25) is 0 Å². The van der Waals surface area contributed by atoms with Gasteiger partial charge >= 0.3 is 5.97 Å². The molecular weight excluding hydrogens is 469 g/mol. The number of hydrogen-bond donors (Lipinski definition) is 0. The van der Waals surface area contributed by atoms with Crippen molar-refractivity contribution in [1.82, 2.24) is 0 Å². The summed E-state index contributed by atoms with van der Waals surface area (Å²) in [5.74, 6) is -1.97. The molecule has 4 fully saturated rings. The molecule has 0 aliphatic heterocycles. The Kier molecular flexibility index (Phi) is 5.48. The highest BCUT2D eigenvalue weighted by Gasteiger charge is 2.57. The fraction of sp³-hybridized carbons (Fsp3) is 0.345. The molecule has 0 atom stereocenters. The summed E-state index contributed by atoms with van der Waals surface area (Å²) in [7, 11) is -3.17. The molecule has 6 heteroatoms. The van der Waals surface area contributed by atoms with Crippen LogP contribution >= 0.6 is 10.3 Å². The minimum atomic E-state index is -3.17. The molecule has 3 aromatic rings. The number of carbonyl (C=O) groups excluding carboxylic acids is 1. The number of carbonyl (C=O) groups is 1. The predicted molar refractivity (Wildman–Crippen MR) is 128 cm³/mol. The summed E-state index contributed by atoms with van der Waals surface area (Å²) in [6.07, 6.45) is 5.78. The molecule has 0 unspecified atom stereocenters. The molecule has 0 aromatic heterocycles. The molecule has 0 amide bonds. The van der Waals surface area contributed by atoms with Crippen LogP contribution in [0.3, 0.4) is 0 Å². The quantitative estimate of drug-likeness (QED) is 0.357. The van der Waals surface area contributed by atoms with Gasteiger partial charge in [0, 0.05) is 21.9 Å². The first-order valence-corrected chi connectivity index (χ1v) is 13.8. The summed E-state index contributed by atoms with van der Waals surface area (Å²) < 4.78 is 51.6.